The van der Waals surface area contributed by atoms with Crippen LogP contribution in [0.1, 0.15) is 44.3 Å². The van der Waals surface area contributed by atoms with Crippen LogP contribution in [0.25, 0.3) is 0 Å². The van der Waals surface area contributed by atoms with Crippen molar-refractivity contribution in [1.29, 1.82) is 0 Å². The van der Waals surface area contributed by atoms with E-state index in [1.54, 1.807) is 21.6 Å². The lowest BCUT2D eigenvalue weighted by Crippen LogP contribution is -2.20. The highest BCUT2D eigenvalue weighted by Gasteiger charge is 2.25. The van der Waals surface area contributed by atoms with Crippen LogP contribution in [-0.4, -0.2) is 30.5 Å². The molecule has 0 spiro atoms. The van der Waals surface area contributed by atoms with E-state index in [-0.39, 0.29) is 5.78 Å². The Bertz CT molecular complexity index is 983. The molecule has 1 unspecified atom stereocenters. The van der Waals surface area contributed by atoms with Gasteiger partial charge in [-0.15, -0.1) is 0 Å². The lowest BCUT2D eigenvalue weighted by atomic mass is 9.92. The Morgan fingerprint density at radius 1 is 0.818 bits per heavy atom. The van der Waals surface area contributed by atoms with Crippen molar-refractivity contribution in [3.05, 3.63) is 106 Å². The van der Waals surface area contributed by atoms with Crippen LogP contribution in [0, 0.1) is 20.8 Å². The average molecular weight is 481 g/mol. The molecule has 0 saturated carbocycles. The Balaban J connectivity index is 1.47. The van der Waals surface area contributed by atoms with Gasteiger partial charge in [-0.2, -0.15) is 0 Å². The van der Waals surface area contributed by atoms with Gasteiger partial charge in [0.2, 0.25) is 0 Å². The molecule has 0 aliphatic heterocycles. The maximum Gasteiger partial charge on any atom is 0.196 e. The zero-order chi connectivity index (χ0) is 23.5. The SMILES string of the molecule is Cc1cc(C)c(C(=O)C(OCCSSCCOCc2ccccc2)c2ccccc2)c(C)c1. The third-order valence-corrected chi connectivity index (χ3v) is 7.55. The summed E-state index contributed by atoms with van der Waals surface area (Å²) in [6.45, 7) is 7.93. The van der Waals surface area contributed by atoms with Crippen molar-refractivity contribution in [2.45, 2.75) is 33.5 Å². The van der Waals surface area contributed by atoms with Crippen LogP contribution in [0.15, 0.2) is 72.8 Å². The Kier molecular flexibility index (Phi) is 10.5. The van der Waals surface area contributed by atoms with E-state index >= 15 is 0 Å². The second-order valence-electron chi connectivity index (χ2n) is 7.98. The van der Waals surface area contributed by atoms with E-state index in [9.17, 15) is 4.79 Å². The van der Waals surface area contributed by atoms with Gasteiger partial charge in [0.25, 0.3) is 0 Å². The van der Waals surface area contributed by atoms with Gasteiger partial charge in [0, 0.05) is 17.1 Å². The maximum absolute atomic E-state index is 13.5. The second kappa shape index (κ2) is 13.6. The van der Waals surface area contributed by atoms with Crippen LogP contribution in [0.5, 0.6) is 0 Å². The number of aryl methyl sites for hydroxylation is 3. The highest BCUT2D eigenvalue weighted by molar-refractivity contribution is 8.76. The Hall–Kier alpha value is -2.05. The van der Waals surface area contributed by atoms with Crippen molar-refractivity contribution < 1.29 is 14.3 Å². The Morgan fingerprint density at radius 3 is 2.03 bits per heavy atom. The van der Waals surface area contributed by atoms with Crippen LogP contribution in [0.3, 0.4) is 0 Å². The molecule has 0 aliphatic rings. The van der Waals surface area contributed by atoms with Crippen LogP contribution < -0.4 is 0 Å². The standard InChI is InChI=1S/C28H32O3S2/c1-21-18-22(2)26(23(3)19-21)27(29)28(25-12-8-5-9-13-25)31-15-17-33-32-16-14-30-20-24-10-6-4-7-11-24/h4-13,18-19,28H,14-17,20H2,1-3H3. The Labute approximate surface area is 205 Å². The summed E-state index contributed by atoms with van der Waals surface area (Å²) in [6, 6.07) is 24.1. The smallest absolute Gasteiger partial charge is 0.196 e. The summed E-state index contributed by atoms with van der Waals surface area (Å²) >= 11 is 0. The summed E-state index contributed by atoms with van der Waals surface area (Å²) < 4.78 is 11.9. The van der Waals surface area contributed by atoms with Gasteiger partial charge in [0.05, 0.1) is 19.8 Å². The summed E-state index contributed by atoms with van der Waals surface area (Å²) in [5, 5.41) is 0. The number of carbonyl (C=O) groups excluding carboxylic acids is 1. The number of ether oxygens (including phenoxy) is 2. The van der Waals surface area contributed by atoms with E-state index in [1.165, 1.54) is 11.1 Å². The molecule has 0 N–H and O–H groups in total. The molecule has 0 amide bonds. The topological polar surface area (TPSA) is 35.5 Å². The molecule has 0 aliphatic carbocycles. The molecular weight excluding hydrogens is 448 g/mol. The first-order valence-corrected chi connectivity index (χ1v) is 13.7. The summed E-state index contributed by atoms with van der Waals surface area (Å²) in [4.78, 5) is 13.5. The third-order valence-electron chi connectivity index (χ3n) is 5.22. The van der Waals surface area contributed by atoms with Crippen molar-refractivity contribution in [3.63, 3.8) is 0 Å². The summed E-state index contributed by atoms with van der Waals surface area (Å²) in [5.74, 6) is 1.76. The van der Waals surface area contributed by atoms with Crippen LogP contribution in [-0.2, 0) is 16.1 Å². The van der Waals surface area contributed by atoms with Gasteiger partial charge in [0.1, 0.15) is 6.10 Å². The quantitative estimate of drug-likeness (QED) is 0.147. The second-order valence-corrected chi connectivity index (χ2v) is 10.7. The van der Waals surface area contributed by atoms with Crippen LogP contribution in [0.2, 0.25) is 0 Å². The minimum Gasteiger partial charge on any atom is -0.376 e. The molecule has 0 bridgehead atoms. The molecule has 3 rings (SSSR count). The first-order chi connectivity index (χ1) is 16.1. The van der Waals surface area contributed by atoms with Gasteiger partial charge in [0.15, 0.2) is 5.78 Å². The molecule has 0 radical (unpaired) electrons. The summed E-state index contributed by atoms with van der Waals surface area (Å²) in [6.07, 6.45) is -0.592. The number of rotatable bonds is 13. The molecule has 3 nitrogen and oxygen atoms in total. The van der Waals surface area contributed by atoms with Crippen LogP contribution in [0.4, 0.5) is 0 Å². The number of carbonyl (C=O) groups is 1. The Morgan fingerprint density at radius 2 is 1.39 bits per heavy atom. The molecule has 1 atom stereocenters. The normalized spacial score (nSPS) is 12.0. The zero-order valence-corrected chi connectivity index (χ0v) is 21.2. The van der Waals surface area contributed by atoms with Crippen LogP contribution >= 0.6 is 21.6 Å². The van der Waals surface area contributed by atoms with E-state index in [1.807, 2.05) is 62.4 Å². The van der Waals surface area contributed by atoms with Gasteiger partial charge >= 0.3 is 0 Å². The van der Waals surface area contributed by atoms with Gasteiger partial charge in [-0.05, 0) is 43.0 Å². The van der Waals surface area contributed by atoms with Gasteiger partial charge in [-0.3, -0.25) is 4.79 Å². The number of Topliss-reactive ketones (excluding diaryl/α,β-unsaturated/α-hetero) is 1. The number of hydrogen-bond acceptors (Lipinski definition) is 5. The fraction of sp³-hybridized carbons (Fsp3) is 0.321. The molecule has 0 fully saturated rings. The van der Waals surface area contributed by atoms with E-state index in [0.29, 0.717) is 19.8 Å². The van der Waals surface area contributed by atoms with Crippen molar-refractivity contribution in [2.24, 2.45) is 0 Å². The first-order valence-electron chi connectivity index (χ1n) is 11.2. The molecule has 0 saturated heterocycles. The minimum absolute atomic E-state index is 0.0307. The predicted molar refractivity (Wildman–Crippen MR) is 141 cm³/mol. The molecule has 5 heteroatoms. The molecule has 3 aromatic carbocycles. The fourth-order valence-corrected chi connectivity index (χ4v) is 5.53. The van der Waals surface area contributed by atoms with Gasteiger partial charge in [-0.1, -0.05) is 99.9 Å². The van der Waals surface area contributed by atoms with Crippen molar-refractivity contribution in [2.75, 3.05) is 24.7 Å². The predicted octanol–water partition coefficient (Wildman–Crippen LogP) is 7.15. The van der Waals surface area contributed by atoms with Crippen molar-refractivity contribution >= 4 is 27.4 Å². The van der Waals surface area contributed by atoms with Gasteiger partial charge in [-0.25, -0.2) is 0 Å². The minimum atomic E-state index is -0.592. The maximum atomic E-state index is 13.5. The molecule has 0 heterocycles. The largest absolute Gasteiger partial charge is 0.376 e. The van der Waals surface area contributed by atoms with E-state index < -0.39 is 6.10 Å². The molecule has 33 heavy (non-hydrogen) atoms. The van der Waals surface area contributed by atoms with Gasteiger partial charge < -0.3 is 9.47 Å². The van der Waals surface area contributed by atoms with Crippen molar-refractivity contribution in [1.82, 2.24) is 0 Å². The first kappa shape index (κ1) is 25.6. The highest BCUT2D eigenvalue weighted by atomic mass is 33.1. The highest BCUT2D eigenvalue weighted by Crippen LogP contribution is 2.28. The third kappa shape index (κ3) is 8.04. The lowest BCUT2D eigenvalue weighted by molar-refractivity contribution is 0.0461. The fourth-order valence-electron chi connectivity index (χ4n) is 3.83. The average Bonchev–Trinajstić information content (AvgIpc) is 2.81. The number of hydrogen-bond donors (Lipinski definition) is 0. The monoisotopic (exact) mass is 480 g/mol. The molecule has 3 aromatic rings. The summed E-state index contributed by atoms with van der Waals surface area (Å²) in [5.41, 5.74) is 6.03. The van der Waals surface area contributed by atoms with E-state index in [0.717, 1.165) is 33.8 Å². The molecular formula is C28H32O3S2. The lowest BCUT2D eigenvalue weighted by Gasteiger charge is -2.20. The van der Waals surface area contributed by atoms with E-state index in [2.05, 4.69) is 31.2 Å². The van der Waals surface area contributed by atoms with Crippen molar-refractivity contribution in [3.8, 4) is 0 Å². The zero-order valence-electron chi connectivity index (χ0n) is 19.6. The summed E-state index contributed by atoms with van der Waals surface area (Å²) in [7, 11) is 3.53. The van der Waals surface area contributed by atoms with E-state index in [4.69, 9.17) is 9.47 Å². The molecule has 174 valence electrons. The molecule has 0 aromatic heterocycles. The number of benzene rings is 3. The number of ketones is 1.